The van der Waals surface area contributed by atoms with Crippen LogP contribution < -0.4 is 5.32 Å². The highest BCUT2D eigenvalue weighted by Crippen LogP contribution is 2.47. The van der Waals surface area contributed by atoms with Crippen LogP contribution in [0.1, 0.15) is 12.5 Å². The van der Waals surface area contributed by atoms with Crippen LogP contribution in [0.15, 0.2) is 24.3 Å². The zero-order valence-corrected chi connectivity index (χ0v) is 14.6. The maximum absolute atomic E-state index is 12.8. The van der Waals surface area contributed by atoms with Gasteiger partial charge < -0.3 is 10.1 Å². The minimum atomic E-state index is -0.719. The lowest BCUT2D eigenvalue weighted by molar-refractivity contribution is -0.121. The highest BCUT2D eigenvalue weighted by atomic mass is 16.5. The number of likely N-dealkylation sites (tertiary alicyclic amines) is 1. The second-order valence-electron chi connectivity index (χ2n) is 7.37. The van der Waals surface area contributed by atoms with Crippen molar-refractivity contribution in [3.63, 3.8) is 0 Å². The smallest absolute Gasteiger partial charge is 0.237 e. The number of carbonyl (C=O) groups excluding carboxylic acids is 1. The maximum Gasteiger partial charge on any atom is 0.237 e. The first-order valence-corrected chi connectivity index (χ1v) is 9.00. The largest absolute Gasteiger partial charge is 0.376 e. The van der Waals surface area contributed by atoms with Gasteiger partial charge in [-0.25, -0.2) is 0 Å². The van der Waals surface area contributed by atoms with Gasteiger partial charge in [0, 0.05) is 45.0 Å². The third kappa shape index (κ3) is 2.73. The molecule has 1 spiro atoms. The molecular formula is C19H24N4O2. The normalized spacial score (nSPS) is 32.6. The first-order valence-electron chi connectivity index (χ1n) is 9.00. The summed E-state index contributed by atoms with van der Waals surface area (Å²) in [4.78, 5) is 17.5. The minimum absolute atomic E-state index is 0.0252. The molecule has 3 unspecified atom stereocenters. The molecule has 0 radical (unpaired) electrons. The number of anilines is 1. The predicted octanol–water partition coefficient (Wildman–Crippen LogP) is 1.05. The molecule has 2 saturated heterocycles. The summed E-state index contributed by atoms with van der Waals surface area (Å²) in [6, 6.07) is 10.2. The average Bonchev–Trinajstić information content (AvgIpc) is 3.13. The van der Waals surface area contributed by atoms with Gasteiger partial charge in [-0.3, -0.25) is 14.6 Å². The molecule has 3 aliphatic rings. The summed E-state index contributed by atoms with van der Waals surface area (Å²) in [6.07, 6.45) is 0.276. The van der Waals surface area contributed by atoms with E-state index in [9.17, 15) is 10.1 Å². The Bertz CT molecular complexity index is 716. The number of hydrogen-bond donors (Lipinski definition) is 1. The Hall–Kier alpha value is -1.94. The molecule has 0 saturated carbocycles. The lowest BCUT2D eigenvalue weighted by Gasteiger charge is -2.32. The Labute approximate surface area is 148 Å². The van der Waals surface area contributed by atoms with Crippen LogP contribution in [-0.2, 0) is 14.9 Å². The molecule has 1 aromatic carbocycles. The fourth-order valence-corrected chi connectivity index (χ4v) is 4.48. The maximum atomic E-state index is 12.8. The van der Waals surface area contributed by atoms with E-state index in [1.807, 2.05) is 24.3 Å². The van der Waals surface area contributed by atoms with E-state index in [4.69, 9.17) is 4.74 Å². The van der Waals surface area contributed by atoms with Gasteiger partial charge >= 0.3 is 0 Å². The standard InChI is InChI=1S/C19H24N4O2/c1-14-11-22(8-9-25-14)6-7-23-12-15(10-20)19(13-23)16-4-2-3-5-17(16)21-18(19)24/h2-5,14-15H,6-9,11-13H2,1H3,(H,21,24). The van der Waals surface area contributed by atoms with E-state index in [0.717, 1.165) is 44.0 Å². The molecule has 1 aromatic rings. The number of nitriles is 1. The van der Waals surface area contributed by atoms with Gasteiger partial charge in [0.2, 0.25) is 5.91 Å². The number of rotatable bonds is 3. The molecule has 4 rings (SSSR count). The molecule has 6 nitrogen and oxygen atoms in total. The summed E-state index contributed by atoms with van der Waals surface area (Å²) in [5.41, 5.74) is 1.12. The molecule has 1 N–H and O–H groups in total. The number of benzene rings is 1. The molecule has 0 aliphatic carbocycles. The van der Waals surface area contributed by atoms with Gasteiger partial charge in [0.15, 0.2) is 0 Å². The van der Waals surface area contributed by atoms with Gasteiger partial charge in [0.05, 0.1) is 24.7 Å². The number of para-hydroxylation sites is 1. The van der Waals surface area contributed by atoms with Crippen molar-refractivity contribution in [3.8, 4) is 6.07 Å². The highest BCUT2D eigenvalue weighted by Gasteiger charge is 2.57. The van der Waals surface area contributed by atoms with Crippen molar-refractivity contribution in [2.75, 3.05) is 51.2 Å². The van der Waals surface area contributed by atoms with Gasteiger partial charge in [-0.2, -0.15) is 5.26 Å². The van der Waals surface area contributed by atoms with Crippen molar-refractivity contribution < 1.29 is 9.53 Å². The fourth-order valence-electron chi connectivity index (χ4n) is 4.48. The number of ether oxygens (including phenoxy) is 1. The molecule has 3 atom stereocenters. The van der Waals surface area contributed by atoms with Crippen molar-refractivity contribution in [3.05, 3.63) is 29.8 Å². The third-order valence-corrected chi connectivity index (χ3v) is 5.78. The Morgan fingerprint density at radius 3 is 2.92 bits per heavy atom. The topological polar surface area (TPSA) is 68.6 Å². The van der Waals surface area contributed by atoms with E-state index >= 15 is 0 Å². The van der Waals surface area contributed by atoms with Crippen molar-refractivity contribution in [1.29, 1.82) is 5.26 Å². The molecule has 25 heavy (non-hydrogen) atoms. The molecule has 1 amide bonds. The lowest BCUT2D eigenvalue weighted by atomic mass is 9.74. The summed E-state index contributed by atoms with van der Waals surface area (Å²) >= 11 is 0. The summed E-state index contributed by atoms with van der Waals surface area (Å²) in [5, 5.41) is 12.7. The van der Waals surface area contributed by atoms with Crippen LogP contribution in [-0.4, -0.2) is 67.7 Å². The van der Waals surface area contributed by atoms with Gasteiger partial charge in [-0.1, -0.05) is 18.2 Å². The van der Waals surface area contributed by atoms with E-state index < -0.39 is 5.41 Å². The van der Waals surface area contributed by atoms with Crippen LogP contribution in [0.2, 0.25) is 0 Å². The van der Waals surface area contributed by atoms with Crippen molar-refractivity contribution in [1.82, 2.24) is 9.80 Å². The van der Waals surface area contributed by atoms with Crippen LogP contribution in [0.5, 0.6) is 0 Å². The molecule has 3 heterocycles. The van der Waals surface area contributed by atoms with Crippen LogP contribution in [0, 0.1) is 17.2 Å². The summed E-state index contributed by atoms with van der Waals surface area (Å²) in [7, 11) is 0. The second-order valence-corrected chi connectivity index (χ2v) is 7.37. The van der Waals surface area contributed by atoms with Crippen LogP contribution >= 0.6 is 0 Å². The number of nitrogens with zero attached hydrogens (tertiary/aromatic N) is 3. The Morgan fingerprint density at radius 1 is 1.32 bits per heavy atom. The number of carbonyl (C=O) groups is 1. The average molecular weight is 340 g/mol. The van der Waals surface area contributed by atoms with Crippen LogP contribution in [0.4, 0.5) is 5.69 Å². The van der Waals surface area contributed by atoms with E-state index in [1.165, 1.54) is 0 Å². The quantitative estimate of drug-likeness (QED) is 0.891. The molecule has 3 aliphatic heterocycles. The molecule has 0 aromatic heterocycles. The first-order chi connectivity index (χ1) is 12.1. The van der Waals surface area contributed by atoms with Gasteiger partial charge in [-0.05, 0) is 18.6 Å². The lowest BCUT2D eigenvalue weighted by Crippen LogP contribution is -2.45. The fraction of sp³-hybridized carbons (Fsp3) is 0.579. The van der Waals surface area contributed by atoms with Gasteiger partial charge in [0.25, 0.3) is 0 Å². The Balaban J connectivity index is 1.50. The number of nitrogens with one attached hydrogen (secondary N) is 1. The van der Waals surface area contributed by atoms with Crippen molar-refractivity contribution in [2.45, 2.75) is 18.4 Å². The first kappa shape index (κ1) is 16.5. The zero-order chi connectivity index (χ0) is 17.4. The van der Waals surface area contributed by atoms with E-state index in [2.05, 4.69) is 28.1 Å². The Morgan fingerprint density at radius 2 is 2.12 bits per heavy atom. The van der Waals surface area contributed by atoms with Crippen LogP contribution in [0.3, 0.4) is 0 Å². The number of fused-ring (bicyclic) bond motifs is 2. The zero-order valence-electron chi connectivity index (χ0n) is 14.6. The summed E-state index contributed by atoms with van der Waals surface area (Å²) in [5.74, 6) is -0.331. The van der Waals surface area contributed by atoms with Crippen molar-refractivity contribution >= 4 is 11.6 Å². The molecule has 132 valence electrons. The van der Waals surface area contributed by atoms with Gasteiger partial charge in [-0.15, -0.1) is 0 Å². The predicted molar refractivity (Wildman–Crippen MR) is 94.1 cm³/mol. The van der Waals surface area contributed by atoms with Gasteiger partial charge in [0.1, 0.15) is 5.41 Å². The van der Waals surface area contributed by atoms with Crippen molar-refractivity contribution in [2.24, 2.45) is 5.92 Å². The third-order valence-electron chi connectivity index (χ3n) is 5.78. The monoisotopic (exact) mass is 340 g/mol. The molecular weight excluding hydrogens is 316 g/mol. The minimum Gasteiger partial charge on any atom is -0.376 e. The number of hydrogen-bond acceptors (Lipinski definition) is 5. The molecule has 0 bridgehead atoms. The van der Waals surface area contributed by atoms with Crippen LogP contribution in [0.25, 0.3) is 0 Å². The number of amides is 1. The molecule has 2 fully saturated rings. The highest BCUT2D eigenvalue weighted by molar-refractivity contribution is 6.07. The van der Waals surface area contributed by atoms with E-state index in [1.54, 1.807) is 0 Å². The molecule has 6 heteroatoms. The van der Waals surface area contributed by atoms with E-state index in [-0.39, 0.29) is 17.9 Å². The Kier molecular flexibility index (Phi) is 4.24. The second kappa shape index (κ2) is 6.41. The SMILES string of the molecule is CC1CN(CCN2CC(C#N)C3(C2)C(=O)Nc2ccccc23)CCO1. The number of morpholine rings is 1. The summed E-state index contributed by atoms with van der Waals surface area (Å²) < 4.78 is 5.59. The summed E-state index contributed by atoms with van der Waals surface area (Å²) in [6.45, 7) is 7.88. The van der Waals surface area contributed by atoms with E-state index in [0.29, 0.717) is 13.1 Å².